The van der Waals surface area contributed by atoms with Crippen molar-refractivity contribution in [3.8, 4) is 0 Å². The summed E-state index contributed by atoms with van der Waals surface area (Å²) in [6, 6.07) is 22.3. The minimum absolute atomic E-state index is 0.106. The van der Waals surface area contributed by atoms with Gasteiger partial charge >= 0.3 is 5.97 Å². The predicted molar refractivity (Wildman–Crippen MR) is 112 cm³/mol. The fourth-order valence-corrected chi connectivity index (χ4v) is 5.71. The van der Waals surface area contributed by atoms with Gasteiger partial charge in [-0.2, -0.15) is 0 Å². The highest BCUT2D eigenvalue weighted by molar-refractivity contribution is 6.33. The van der Waals surface area contributed by atoms with Crippen molar-refractivity contribution in [3.63, 3.8) is 0 Å². The second-order valence-corrected chi connectivity index (χ2v) is 8.50. The van der Waals surface area contributed by atoms with Crippen molar-refractivity contribution in [2.75, 3.05) is 0 Å². The molecule has 4 aliphatic rings. The quantitative estimate of drug-likeness (QED) is 0.570. The fraction of sp³-hybridized carbons (Fsp3) is 0.160. The van der Waals surface area contributed by atoms with Crippen LogP contribution in [0.25, 0.3) is 0 Å². The van der Waals surface area contributed by atoms with Crippen LogP contribution >= 0.6 is 11.6 Å². The van der Waals surface area contributed by atoms with E-state index in [2.05, 4.69) is 0 Å². The summed E-state index contributed by atoms with van der Waals surface area (Å²) < 4.78 is 0. The van der Waals surface area contributed by atoms with Gasteiger partial charge in [0.25, 0.3) is 11.8 Å². The molecule has 1 aliphatic heterocycles. The number of carbonyl (C=O) groups excluding carboxylic acids is 3. The van der Waals surface area contributed by atoms with Gasteiger partial charge in [0.1, 0.15) is 0 Å². The maximum atomic E-state index is 13.4. The van der Waals surface area contributed by atoms with E-state index in [4.69, 9.17) is 16.4 Å². The van der Waals surface area contributed by atoms with E-state index in [9.17, 15) is 14.4 Å². The standard InChI is InChI=1S/C25H16ClNO4/c26-18-12-6-5-11-17(18)25(30)31-27-23(28)21-19-13-7-1-2-8-14(13)20(22(21)24(27)29)16-10-4-3-9-15(16)19/h1-12,19-22H/t19?,20?,21-,22-/m1/s1. The molecule has 0 saturated carbocycles. The molecule has 3 aromatic carbocycles. The Hall–Kier alpha value is -3.44. The monoisotopic (exact) mass is 429 g/mol. The van der Waals surface area contributed by atoms with Crippen LogP contribution in [0.3, 0.4) is 0 Å². The Labute approximate surface area is 183 Å². The maximum absolute atomic E-state index is 13.4. The SMILES string of the molecule is O=C(ON1C(=O)[C@@H]2C3c4ccccc4C(c4ccccc43)[C@H]2C1=O)c1ccccc1Cl. The predicted octanol–water partition coefficient (Wildman–Crippen LogP) is 4.30. The zero-order chi connectivity index (χ0) is 21.3. The Balaban J connectivity index is 1.43. The Morgan fingerprint density at radius 1 is 0.710 bits per heavy atom. The van der Waals surface area contributed by atoms with Gasteiger partial charge in [-0.05, 0) is 34.4 Å². The van der Waals surface area contributed by atoms with Gasteiger partial charge in [0.05, 0.1) is 22.4 Å². The van der Waals surface area contributed by atoms with Gasteiger partial charge in [0, 0.05) is 11.8 Å². The number of hydroxylamine groups is 2. The van der Waals surface area contributed by atoms with Gasteiger partial charge in [-0.3, -0.25) is 9.59 Å². The lowest BCUT2D eigenvalue weighted by Gasteiger charge is -2.45. The van der Waals surface area contributed by atoms with Crippen molar-refractivity contribution in [2.24, 2.45) is 11.8 Å². The highest BCUT2D eigenvalue weighted by atomic mass is 35.5. The largest absolute Gasteiger partial charge is 0.365 e. The summed E-state index contributed by atoms with van der Waals surface area (Å²) in [7, 11) is 0. The van der Waals surface area contributed by atoms with Gasteiger partial charge in [-0.15, -0.1) is 5.06 Å². The molecule has 2 atom stereocenters. The van der Waals surface area contributed by atoms with E-state index in [-0.39, 0.29) is 22.4 Å². The number of imide groups is 1. The zero-order valence-corrected chi connectivity index (χ0v) is 17.0. The first-order valence-electron chi connectivity index (χ1n) is 10.1. The third-order valence-corrected chi connectivity index (χ3v) is 7.01. The Morgan fingerprint density at radius 2 is 1.13 bits per heavy atom. The van der Waals surface area contributed by atoms with Crippen molar-refractivity contribution in [1.29, 1.82) is 0 Å². The van der Waals surface area contributed by atoms with Crippen LogP contribution in [-0.2, 0) is 14.4 Å². The average Bonchev–Trinajstić information content (AvgIpc) is 3.05. The molecule has 7 rings (SSSR count). The number of hydrogen-bond acceptors (Lipinski definition) is 4. The molecule has 3 aliphatic carbocycles. The summed E-state index contributed by atoms with van der Waals surface area (Å²) in [6.07, 6.45) is 0. The van der Waals surface area contributed by atoms with Gasteiger partial charge in [0.2, 0.25) is 0 Å². The molecule has 3 aromatic rings. The van der Waals surface area contributed by atoms with Crippen molar-refractivity contribution in [2.45, 2.75) is 11.8 Å². The minimum atomic E-state index is -0.826. The number of amides is 2. The molecular formula is C25H16ClNO4. The normalized spacial score (nSPS) is 25.1. The second kappa shape index (κ2) is 6.53. The molecule has 152 valence electrons. The molecule has 0 aromatic heterocycles. The molecule has 0 unspecified atom stereocenters. The Kier molecular flexibility index (Phi) is 3.86. The molecule has 31 heavy (non-hydrogen) atoms. The first kappa shape index (κ1) is 18.3. The summed E-state index contributed by atoms with van der Waals surface area (Å²) in [5.74, 6) is -3.47. The van der Waals surface area contributed by atoms with Crippen molar-refractivity contribution >= 4 is 29.4 Å². The lowest BCUT2D eigenvalue weighted by molar-refractivity contribution is -0.174. The number of carbonyl (C=O) groups is 3. The van der Waals surface area contributed by atoms with Gasteiger partial charge < -0.3 is 4.84 Å². The van der Waals surface area contributed by atoms with Crippen LogP contribution in [0.15, 0.2) is 72.8 Å². The van der Waals surface area contributed by atoms with E-state index in [1.165, 1.54) is 6.07 Å². The van der Waals surface area contributed by atoms with Crippen LogP contribution in [0, 0.1) is 11.8 Å². The highest BCUT2D eigenvalue weighted by Gasteiger charge is 2.62. The summed E-state index contributed by atoms with van der Waals surface area (Å²) in [5.41, 5.74) is 4.36. The van der Waals surface area contributed by atoms with Crippen molar-refractivity contribution in [3.05, 3.63) is 106 Å². The minimum Gasteiger partial charge on any atom is -0.325 e. The second-order valence-electron chi connectivity index (χ2n) is 8.09. The molecule has 1 fully saturated rings. The van der Waals surface area contributed by atoms with Crippen LogP contribution in [-0.4, -0.2) is 22.8 Å². The van der Waals surface area contributed by atoms with E-state index in [0.717, 1.165) is 22.3 Å². The Bertz CT molecular complexity index is 1170. The molecule has 0 N–H and O–H groups in total. The molecular weight excluding hydrogens is 414 g/mol. The topological polar surface area (TPSA) is 63.7 Å². The maximum Gasteiger partial charge on any atom is 0.365 e. The first-order valence-corrected chi connectivity index (χ1v) is 10.5. The molecule has 0 spiro atoms. The summed E-state index contributed by atoms with van der Waals surface area (Å²) in [6.45, 7) is 0. The summed E-state index contributed by atoms with van der Waals surface area (Å²) in [4.78, 5) is 44.8. The van der Waals surface area contributed by atoms with Crippen LogP contribution in [0.2, 0.25) is 5.02 Å². The lowest BCUT2D eigenvalue weighted by Crippen LogP contribution is -2.41. The van der Waals surface area contributed by atoms with E-state index in [1.54, 1.807) is 18.2 Å². The Morgan fingerprint density at radius 3 is 1.58 bits per heavy atom. The third-order valence-electron chi connectivity index (χ3n) is 6.68. The lowest BCUT2D eigenvalue weighted by atomic mass is 9.55. The number of halogens is 1. The smallest absolute Gasteiger partial charge is 0.325 e. The van der Waals surface area contributed by atoms with Crippen molar-refractivity contribution in [1.82, 2.24) is 5.06 Å². The van der Waals surface area contributed by atoms with E-state index < -0.39 is 29.6 Å². The van der Waals surface area contributed by atoms with Gasteiger partial charge in [-0.1, -0.05) is 72.3 Å². The first-order chi connectivity index (χ1) is 15.1. The molecule has 2 amide bonds. The molecule has 2 bridgehead atoms. The number of benzene rings is 3. The van der Waals surface area contributed by atoms with Gasteiger partial charge in [0.15, 0.2) is 0 Å². The molecule has 1 heterocycles. The molecule has 5 nitrogen and oxygen atoms in total. The van der Waals surface area contributed by atoms with Crippen LogP contribution < -0.4 is 0 Å². The van der Waals surface area contributed by atoms with Crippen LogP contribution in [0.5, 0.6) is 0 Å². The van der Waals surface area contributed by atoms with Crippen LogP contribution in [0.4, 0.5) is 0 Å². The zero-order valence-electron chi connectivity index (χ0n) is 16.2. The molecule has 1 saturated heterocycles. The van der Waals surface area contributed by atoms with E-state index in [1.807, 2.05) is 48.5 Å². The summed E-state index contributed by atoms with van der Waals surface area (Å²) >= 11 is 6.09. The highest BCUT2D eigenvalue weighted by Crippen LogP contribution is 2.60. The van der Waals surface area contributed by atoms with Crippen molar-refractivity contribution < 1.29 is 19.2 Å². The molecule has 6 heteroatoms. The molecule has 0 radical (unpaired) electrons. The third kappa shape index (κ3) is 2.41. The number of rotatable bonds is 2. The number of hydrogen-bond donors (Lipinski definition) is 0. The average molecular weight is 430 g/mol. The number of nitrogens with zero attached hydrogens (tertiary/aromatic N) is 1. The van der Waals surface area contributed by atoms with Crippen LogP contribution in [0.1, 0.15) is 44.4 Å². The van der Waals surface area contributed by atoms with Gasteiger partial charge in [-0.25, -0.2) is 4.79 Å². The van der Waals surface area contributed by atoms with E-state index >= 15 is 0 Å². The van der Waals surface area contributed by atoms with E-state index in [0.29, 0.717) is 5.06 Å². The fourth-order valence-electron chi connectivity index (χ4n) is 5.50. The summed E-state index contributed by atoms with van der Waals surface area (Å²) in [5, 5.41) is 0.863.